The predicted molar refractivity (Wildman–Crippen MR) is 80.7 cm³/mol. The van der Waals surface area contributed by atoms with E-state index in [0.717, 1.165) is 5.69 Å². The first kappa shape index (κ1) is 15.1. The van der Waals surface area contributed by atoms with Crippen molar-refractivity contribution >= 4 is 28.1 Å². The number of methoxy groups -OCH3 is 3. The largest absolute Gasteiger partial charge is 0.497 e. The van der Waals surface area contributed by atoms with Crippen molar-refractivity contribution in [3.05, 3.63) is 29.3 Å². The Hall–Kier alpha value is -2.28. The average Bonchev–Trinajstić information content (AvgIpc) is 2.93. The highest BCUT2D eigenvalue weighted by atomic mass is 32.1. The summed E-state index contributed by atoms with van der Waals surface area (Å²) in [4.78, 5) is 15.5. The highest BCUT2D eigenvalue weighted by molar-refractivity contribution is 7.13. The van der Waals surface area contributed by atoms with Gasteiger partial charge in [-0.15, -0.1) is 11.3 Å². The normalized spacial score (nSPS) is 10.0. The molecule has 21 heavy (non-hydrogen) atoms. The molecule has 1 N–H and O–H groups in total. The molecular formula is C14H16N2O4S. The van der Waals surface area contributed by atoms with Crippen LogP contribution in [0.2, 0.25) is 0 Å². The van der Waals surface area contributed by atoms with Crippen molar-refractivity contribution in [2.24, 2.45) is 0 Å². The third-order valence-corrected chi connectivity index (χ3v) is 3.51. The van der Waals surface area contributed by atoms with E-state index in [1.807, 2.05) is 17.5 Å². The molecule has 0 fully saturated rings. The molecule has 1 aromatic carbocycles. The third-order valence-electron chi connectivity index (χ3n) is 2.71. The van der Waals surface area contributed by atoms with Gasteiger partial charge in [0.25, 0.3) is 0 Å². The Morgan fingerprint density at radius 1 is 1.19 bits per heavy atom. The lowest BCUT2D eigenvalue weighted by Crippen LogP contribution is -2.04. The number of carbonyl (C=O) groups excluding carboxylic acids is 1. The number of hydrogen-bond donors (Lipinski definition) is 1. The van der Waals surface area contributed by atoms with Gasteiger partial charge in [0, 0.05) is 29.3 Å². The Morgan fingerprint density at radius 2 is 1.86 bits per heavy atom. The lowest BCUT2D eigenvalue weighted by molar-refractivity contribution is -0.139. The Kier molecular flexibility index (Phi) is 4.99. The van der Waals surface area contributed by atoms with Gasteiger partial charge in [0.2, 0.25) is 0 Å². The number of hydrogen-bond acceptors (Lipinski definition) is 7. The molecule has 7 heteroatoms. The summed E-state index contributed by atoms with van der Waals surface area (Å²) in [5, 5.41) is 5.66. The minimum absolute atomic E-state index is 0.163. The number of nitrogens with zero attached hydrogens (tertiary/aromatic N) is 1. The fraction of sp³-hybridized carbons (Fsp3) is 0.286. The molecule has 2 rings (SSSR count). The van der Waals surface area contributed by atoms with Gasteiger partial charge in [-0.1, -0.05) is 0 Å². The SMILES string of the molecule is COC(=O)Cc1csc(Nc2cc(OC)cc(OC)c2)n1. The van der Waals surface area contributed by atoms with Crippen LogP contribution in [0.5, 0.6) is 11.5 Å². The second-order valence-corrected chi connectivity index (χ2v) is 4.98. The monoisotopic (exact) mass is 308 g/mol. The van der Waals surface area contributed by atoms with Gasteiger partial charge in [0.15, 0.2) is 5.13 Å². The zero-order chi connectivity index (χ0) is 15.2. The molecule has 1 heterocycles. The van der Waals surface area contributed by atoms with E-state index in [0.29, 0.717) is 22.3 Å². The summed E-state index contributed by atoms with van der Waals surface area (Å²) < 4.78 is 15.0. The first-order chi connectivity index (χ1) is 10.1. The van der Waals surface area contributed by atoms with E-state index in [2.05, 4.69) is 15.0 Å². The zero-order valence-corrected chi connectivity index (χ0v) is 12.8. The van der Waals surface area contributed by atoms with Crippen molar-refractivity contribution < 1.29 is 19.0 Å². The molecule has 0 atom stereocenters. The van der Waals surface area contributed by atoms with E-state index in [4.69, 9.17) is 9.47 Å². The molecule has 0 spiro atoms. The molecule has 0 aliphatic rings. The first-order valence-corrected chi connectivity index (χ1v) is 7.04. The van der Waals surface area contributed by atoms with Crippen LogP contribution in [0.4, 0.5) is 10.8 Å². The molecule has 0 saturated heterocycles. The van der Waals surface area contributed by atoms with Gasteiger partial charge in [0.1, 0.15) is 11.5 Å². The fourth-order valence-corrected chi connectivity index (χ4v) is 2.40. The van der Waals surface area contributed by atoms with E-state index in [1.54, 1.807) is 20.3 Å². The lowest BCUT2D eigenvalue weighted by atomic mass is 10.3. The van der Waals surface area contributed by atoms with Crippen LogP contribution in [0.25, 0.3) is 0 Å². The fourth-order valence-electron chi connectivity index (χ4n) is 1.67. The molecule has 0 saturated carbocycles. The molecule has 0 radical (unpaired) electrons. The molecule has 0 bridgehead atoms. The summed E-state index contributed by atoms with van der Waals surface area (Å²) in [6.45, 7) is 0. The Morgan fingerprint density at radius 3 is 2.43 bits per heavy atom. The van der Waals surface area contributed by atoms with Gasteiger partial charge in [-0.2, -0.15) is 0 Å². The number of benzene rings is 1. The number of thiazole rings is 1. The molecular weight excluding hydrogens is 292 g/mol. The quantitative estimate of drug-likeness (QED) is 0.827. The summed E-state index contributed by atoms with van der Waals surface area (Å²) in [5.74, 6) is 1.06. The number of nitrogens with one attached hydrogen (secondary N) is 1. The maximum atomic E-state index is 11.2. The van der Waals surface area contributed by atoms with Crippen LogP contribution < -0.4 is 14.8 Å². The summed E-state index contributed by atoms with van der Waals surface area (Å²) in [6.07, 6.45) is 0.163. The average molecular weight is 308 g/mol. The van der Waals surface area contributed by atoms with E-state index >= 15 is 0 Å². The number of aromatic nitrogens is 1. The highest BCUT2D eigenvalue weighted by Gasteiger charge is 2.09. The van der Waals surface area contributed by atoms with Crippen molar-refractivity contribution in [1.82, 2.24) is 4.98 Å². The molecule has 0 aliphatic heterocycles. The third kappa shape index (κ3) is 4.09. The maximum absolute atomic E-state index is 11.2. The number of ether oxygens (including phenoxy) is 3. The lowest BCUT2D eigenvalue weighted by Gasteiger charge is -2.08. The topological polar surface area (TPSA) is 69.7 Å². The van der Waals surface area contributed by atoms with Crippen LogP contribution in [0, 0.1) is 0 Å². The summed E-state index contributed by atoms with van der Waals surface area (Å²) in [7, 11) is 4.54. The molecule has 6 nitrogen and oxygen atoms in total. The minimum atomic E-state index is -0.310. The van der Waals surface area contributed by atoms with Gasteiger partial charge >= 0.3 is 5.97 Å². The summed E-state index contributed by atoms with van der Waals surface area (Å²) in [5.41, 5.74) is 1.47. The highest BCUT2D eigenvalue weighted by Crippen LogP contribution is 2.29. The van der Waals surface area contributed by atoms with Crippen LogP contribution in [-0.2, 0) is 16.0 Å². The Bertz CT molecular complexity index is 605. The molecule has 1 aromatic heterocycles. The van der Waals surface area contributed by atoms with Crippen molar-refractivity contribution in [2.75, 3.05) is 26.6 Å². The van der Waals surface area contributed by atoms with Crippen LogP contribution in [-0.4, -0.2) is 32.3 Å². The Labute approximate surface area is 126 Å². The molecule has 2 aromatic rings. The maximum Gasteiger partial charge on any atom is 0.311 e. The van der Waals surface area contributed by atoms with E-state index < -0.39 is 0 Å². The smallest absolute Gasteiger partial charge is 0.311 e. The summed E-state index contributed by atoms with van der Waals surface area (Å²) >= 11 is 1.41. The molecule has 0 amide bonds. The molecule has 112 valence electrons. The number of rotatable bonds is 6. The van der Waals surface area contributed by atoms with E-state index in [-0.39, 0.29) is 12.4 Å². The van der Waals surface area contributed by atoms with Gasteiger partial charge in [-0.05, 0) is 0 Å². The molecule has 0 aliphatic carbocycles. The van der Waals surface area contributed by atoms with Gasteiger partial charge in [0.05, 0.1) is 33.4 Å². The number of anilines is 2. The minimum Gasteiger partial charge on any atom is -0.497 e. The van der Waals surface area contributed by atoms with Gasteiger partial charge < -0.3 is 19.5 Å². The van der Waals surface area contributed by atoms with Crippen LogP contribution >= 0.6 is 11.3 Å². The second kappa shape index (κ2) is 6.94. The van der Waals surface area contributed by atoms with Crippen molar-refractivity contribution in [1.29, 1.82) is 0 Å². The first-order valence-electron chi connectivity index (χ1n) is 6.16. The van der Waals surface area contributed by atoms with Crippen molar-refractivity contribution in [3.63, 3.8) is 0 Å². The van der Waals surface area contributed by atoms with Gasteiger partial charge in [-0.3, -0.25) is 4.79 Å². The molecule has 0 unspecified atom stereocenters. The van der Waals surface area contributed by atoms with Crippen molar-refractivity contribution in [3.8, 4) is 11.5 Å². The van der Waals surface area contributed by atoms with Gasteiger partial charge in [-0.25, -0.2) is 4.98 Å². The van der Waals surface area contributed by atoms with E-state index in [9.17, 15) is 4.79 Å². The second-order valence-electron chi connectivity index (χ2n) is 4.12. The van der Waals surface area contributed by atoms with Crippen LogP contribution in [0.1, 0.15) is 5.69 Å². The zero-order valence-electron chi connectivity index (χ0n) is 12.0. The number of esters is 1. The Balaban J connectivity index is 2.12. The summed E-state index contributed by atoms with van der Waals surface area (Å²) in [6, 6.07) is 5.46. The van der Waals surface area contributed by atoms with Crippen LogP contribution in [0.15, 0.2) is 23.6 Å². The van der Waals surface area contributed by atoms with Crippen LogP contribution in [0.3, 0.4) is 0 Å². The van der Waals surface area contributed by atoms with Crippen molar-refractivity contribution in [2.45, 2.75) is 6.42 Å². The number of carbonyl (C=O) groups is 1. The standard InChI is InChI=1S/C14H16N2O4S/c1-18-11-4-9(5-12(7-11)19-2)15-14-16-10(8-21-14)6-13(17)20-3/h4-5,7-8H,6H2,1-3H3,(H,15,16). The predicted octanol–water partition coefficient (Wildman–Crippen LogP) is 2.62. The van der Waals surface area contributed by atoms with E-state index in [1.165, 1.54) is 18.4 Å².